The summed E-state index contributed by atoms with van der Waals surface area (Å²) < 4.78 is 39.4. The lowest BCUT2D eigenvalue weighted by atomic mass is 10.1. The van der Waals surface area contributed by atoms with Crippen molar-refractivity contribution in [3.8, 4) is 0 Å². The predicted octanol–water partition coefficient (Wildman–Crippen LogP) is 3.45. The van der Waals surface area contributed by atoms with Gasteiger partial charge in [0.15, 0.2) is 0 Å². The summed E-state index contributed by atoms with van der Waals surface area (Å²) in [6.45, 7) is 3.67. The number of amides is 3. The monoisotopic (exact) mass is 366 g/mol. The number of alkyl halides is 3. The summed E-state index contributed by atoms with van der Waals surface area (Å²) in [4.78, 5) is 27.3. The highest BCUT2D eigenvalue weighted by molar-refractivity contribution is 6.19. The van der Waals surface area contributed by atoms with E-state index in [9.17, 15) is 22.8 Å². The lowest BCUT2D eigenvalue weighted by Crippen LogP contribution is -2.34. The van der Waals surface area contributed by atoms with Gasteiger partial charge in [-0.1, -0.05) is 12.1 Å². The van der Waals surface area contributed by atoms with Crippen molar-refractivity contribution >= 4 is 17.8 Å². The van der Waals surface area contributed by atoms with Gasteiger partial charge >= 0.3 is 12.2 Å². The minimum atomic E-state index is -4.41. The third-order valence-corrected chi connectivity index (χ3v) is 4.06. The highest BCUT2D eigenvalue weighted by Crippen LogP contribution is 2.30. The van der Waals surface area contributed by atoms with Gasteiger partial charge in [-0.2, -0.15) is 18.3 Å². The van der Waals surface area contributed by atoms with Crippen LogP contribution in [0.2, 0.25) is 0 Å². The molecule has 2 heterocycles. The van der Waals surface area contributed by atoms with Crippen LogP contribution in [-0.2, 0) is 17.5 Å². The van der Waals surface area contributed by atoms with Gasteiger partial charge in [-0.15, -0.1) is 0 Å². The number of rotatable bonds is 4. The number of nitrogens with zero attached hydrogens (tertiary/aromatic N) is 4. The van der Waals surface area contributed by atoms with Crippen LogP contribution in [0.5, 0.6) is 0 Å². The Morgan fingerprint density at radius 3 is 2.35 bits per heavy atom. The summed E-state index contributed by atoms with van der Waals surface area (Å²) in [6.07, 6.45) is -2.90. The Labute approximate surface area is 147 Å². The number of aromatic nitrogens is 2. The van der Waals surface area contributed by atoms with E-state index >= 15 is 0 Å². The largest absolute Gasteiger partial charge is 0.416 e. The molecule has 3 amide bonds. The molecule has 0 bridgehead atoms. The molecular weight excluding hydrogens is 349 g/mol. The molecule has 0 atom stereocenters. The maximum Gasteiger partial charge on any atom is 0.416 e. The fourth-order valence-corrected chi connectivity index (χ4v) is 2.80. The Kier molecular flexibility index (Phi) is 4.47. The van der Waals surface area contributed by atoms with Crippen molar-refractivity contribution < 1.29 is 22.8 Å². The number of benzene rings is 1. The zero-order valence-corrected chi connectivity index (χ0v) is 14.2. The fourth-order valence-electron chi connectivity index (χ4n) is 2.80. The van der Waals surface area contributed by atoms with Crippen molar-refractivity contribution in [1.82, 2.24) is 14.7 Å². The Hall–Kier alpha value is -2.84. The second kappa shape index (κ2) is 6.47. The number of urea groups is 1. The molecule has 138 valence electrons. The molecule has 1 saturated heterocycles. The van der Waals surface area contributed by atoms with Gasteiger partial charge in [0, 0.05) is 18.7 Å². The van der Waals surface area contributed by atoms with Crippen molar-refractivity contribution in [2.24, 2.45) is 0 Å². The molecule has 6 nitrogen and oxygen atoms in total. The molecule has 1 aromatic carbocycles. The molecule has 3 rings (SSSR count). The molecule has 1 aliphatic heterocycles. The minimum absolute atomic E-state index is 0.0374. The van der Waals surface area contributed by atoms with Crippen molar-refractivity contribution in [3.05, 3.63) is 47.7 Å². The van der Waals surface area contributed by atoms with Crippen LogP contribution in [0.15, 0.2) is 36.5 Å². The Balaban J connectivity index is 1.78. The number of hydrogen-bond donors (Lipinski definition) is 0. The van der Waals surface area contributed by atoms with Crippen LogP contribution in [0.25, 0.3) is 0 Å². The number of anilines is 1. The van der Waals surface area contributed by atoms with Gasteiger partial charge in [0.05, 0.1) is 11.8 Å². The maximum atomic E-state index is 12.6. The minimum Gasteiger partial charge on any atom is -0.310 e. The summed E-state index contributed by atoms with van der Waals surface area (Å²) in [7, 11) is 0. The van der Waals surface area contributed by atoms with E-state index in [4.69, 9.17) is 0 Å². The molecular formula is C17H17F3N4O2. The first-order chi connectivity index (χ1) is 12.2. The molecule has 1 fully saturated rings. The van der Waals surface area contributed by atoms with Gasteiger partial charge in [0.2, 0.25) is 0 Å². The van der Waals surface area contributed by atoms with Crippen LogP contribution in [0, 0.1) is 0 Å². The first-order valence-electron chi connectivity index (χ1n) is 8.00. The van der Waals surface area contributed by atoms with E-state index in [-0.39, 0.29) is 19.1 Å². The van der Waals surface area contributed by atoms with Gasteiger partial charge in [0.1, 0.15) is 12.4 Å². The summed E-state index contributed by atoms with van der Waals surface area (Å²) in [5.74, 6) is -0.0192. The summed E-state index contributed by atoms with van der Waals surface area (Å²) in [5.41, 5.74) is -0.245. The number of carbonyl (C=O) groups excluding carboxylic acids is 2. The molecule has 9 heteroatoms. The topological polar surface area (TPSA) is 58.4 Å². The van der Waals surface area contributed by atoms with E-state index < -0.39 is 23.7 Å². The van der Waals surface area contributed by atoms with Crippen LogP contribution in [-0.4, -0.2) is 33.2 Å². The predicted molar refractivity (Wildman–Crippen MR) is 87.3 cm³/mol. The molecule has 26 heavy (non-hydrogen) atoms. The second-order valence-corrected chi connectivity index (χ2v) is 6.29. The lowest BCUT2D eigenvalue weighted by Gasteiger charge is -2.19. The molecule has 1 aliphatic rings. The number of carbonyl (C=O) groups is 2. The van der Waals surface area contributed by atoms with Crippen molar-refractivity contribution in [1.29, 1.82) is 0 Å². The normalized spacial score (nSPS) is 15.5. The number of imide groups is 1. The van der Waals surface area contributed by atoms with E-state index in [1.54, 1.807) is 10.7 Å². The molecule has 0 N–H and O–H groups in total. The van der Waals surface area contributed by atoms with Crippen LogP contribution in [0.1, 0.15) is 31.0 Å². The third kappa shape index (κ3) is 3.29. The fraction of sp³-hybridized carbons (Fsp3) is 0.353. The number of hydrogen-bond acceptors (Lipinski definition) is 3. The summed E-state index contributed by atoms with van der Waals surface area (Å²) in [6, 6.07) is 5.56. The second-order valence-electron chi connectivity index (χ2n) is 6.29. The first kappa shape index (κ1) is 18.0. The van der Waals surface area contributed by atoms with Gasteiger partial charge in [0.25, 0.3) is 5.91 Å². The molecule has 1 aromatic heterocycles. The van der Waals surface area contributed by atoms with E-state index in [2.05, 4.69) is 5.10 Å². The van der Waals surface area contributed by atoms with Crippen LogP contribution in [0.3, 0.4) is 0 Å². The zero-order valence-electron chi connectivity index (χ0n) is 14.2. The van der Waals surface area contributed by atoms with E-state index in [1.165, 1.54) is 23.2 Å². The standard InChI is InChI=1S/C17H17F3N4O2/c1-11(2)24-14(7-8-21-24)23-15(25)10-22(16(23)26)9-12-3-5-13(6-4-12)17(18,19)20/h3-8,11H,9-10H2,1-2H3. The van der Waals surface area contributed by atoms with Crippen LogP contribution < -0.4 is 4.90 Å². The molecule has 0 radical (unpaired) electrons. The zero-order chi connectivity index (χ0) is 19.1. The quantitative estimate of drug-likeness (QED) is 0.779. The smallest absolute Gasteiger partial charge is 0.310 e. The molecule has 2 aromatic rings. The van der Waals surface area contributed by atoms with Gasteiger partial charge in [-0.25, -0.2) is 14.4 Å². The number of halogens is 3. The van der Waals surface area contributed by atoms with E-state index in [0.717, 1.165) is 17.0 Å². The molecule has 0 aliphatic carbocycles. The molecule has 0 spiro atoms. The Bertz CT molecular complexity index is 827. The van der Waals surface area contributed by atoms with Gasteiger partial charge in [-0.3, -0.25) is 4.79 Å². The van der Waals surface area contributed by atoms with E-state index in [1.807, 2.05) is 13.8 Å². The SMILES string of the molecule is CC(C)n1nccc1N1C(=O)CN(Cc2ccc(C(F)(F)F)cc2)C1=O. The van der Waals surface area contributed by atoms with Crippen LogP contribution in [0.4, 0.5) is 23.8 Å². The van der Waals surface area contributed by atoms with Gasteiger partial charge < -0.3 is 4.90 Å². The third-order valence-electron chi connectivity index (χ3n) is 4.06. The average Bonchev–Trinajstić information content (AvgIpc) is 3.12. The maximum absolute atomic E-state index is 12.6. The lowest BCUT2D eigenvalue weighted by molar-refractivity contribution is -0.137. The van der Waals surface area contributed by atoms with Crippen molar-refractivity contribution in [2.45, 2.75) is 32.6 Å². The highest BCUT2D eigenvalue weighted by Gasteiger charge is 2.39. The Morgan fingerprint density at radius 1 is 1.12 bits per heavy atom. The molecule has 0 unspecified atom stereocenters. The highest BCUT2D eigenvalue weighted by atomic mass is 19.4. The Morgan fingerprint density at radius 2 is 1.77 bits per heavy atom. The first-order valence-corrected chi connectivity index (χ1v) is 8.00. The van der Waals surface area contributed by atoms with E-state index in [0.29, 0.717) is 11.4 Å². The summed E-state index contributed by atoms with van der Waals surface area (Å²) in [5, 5.41) is 4.12. The summed E-state index contributed by atoms with van der Waals surface area (Å²) >= 11 is 0. The van der Waals surface area contributed by atoms with Crippen molar-refractivity contribution in [2.75, 3.05) is 11.4 Å². The molecule has 0 saturated carbocycles. The van der Waals surface area contributed by atoms with Crippen molar-refractivity contribution in [3.63, 3.8) is 0 Å². The van der Waals surface area contributed by atoms with Crippen LogP contribution >= 0.6 is 0 Å². The van der Waals surface area contributed by atoms with Gasteiger partial charge in [-0.05, 0) is 31.5 Å². The average molecular weight is 366 g/mol.